The number of ether oxygens (including phenoxy) is 1. The molecule has 0 aliphatic carbocycles. The number of phenols is 1. The summed E-state index contributed by atoms with van der Waals surface area (Å²) in [4.78, 5) is 20.7. The molecule has 26 heavy (non-hydrogen) atoms. The first-order valence-electron chi connectivity index (χ1n) is 8.17. The third-order valence-electron chi connectivity index (χ3n) is 3.91. The number of carbonyl (C=O) groups is 1. The Morgan fingerprint density at radius 1 is 1.08 bits per heavy atom. The number of benzene rings is 1. The van der Waals surface area contributed by atoms with Crippen molar-refractivity contribution in [3.8, 4) is 22.8 Å². The lowest BCUT2D eigenvalue weighted by atomic mass is 10.1. The Kier molecular flexibility index (Phi) is 5.43. The summed E-state index contributed by atoms with van der Waals surface area (Å²) in [5, 5.41) is 12.2. The maximum atomic E-state index is 12.3. The summed E-state index contributed by atoms with van der Waals surface area (Å²) in [5.74, 6) is 0.582. The SMILES string of the molecule is COc1ccc(-c2cncc(C(=O)NCCc3ccc(O)cc3)c2)cn1. The van der Waals surface area contributed by atoms with Crippen LogP contribution in [-0.4, -0.2) is 34.6 Å². The monoisotopic (exact) mass is 349 g/mol. The zero-order valence-corrected chi connectivity index (χ0v) is 14.3. The maximum absolute atomic E-state index is 12.3. The first-order chi connectivity index (χ1) is 12.7. The highest BCUT2D eigenvalue weighted by Gasteiger charge is 2.08. The molecule has 0 saturated heterocycles. The van der Waals surface area contributed by atoms with Gasteiger partial charge in [-0.1, -0.05) is 12.1 Å². The van der Waals surface area contributed by atoms with Gasteiger partial charge in [-0.3, -0.25) is 9.78 Å². The van der Waals surface area contributed by atoms with Gasteiger partial charge in [0.2, 0.25) is 5.88 Å². The molecule has 0 unspecified atom stereocenters. The normalized spacial score (nSPS) is 10.3. The molecular formula is C20H19N3O3. The van der Waals surface area contributed by atoms with E-state index in [1.165, 1.54) is 6.20 Å². The summed E-state index contributed by atoms with van der Waals surface area (Å²) in [6.45, 7) is 0.498. The molecule has 0 aliphatic heterocycles. The van der Waals surface area contributed by atoms with Crippen LogP contribution in [0.15, 0.2) is 61.1 Å². The van der Waals surface area contributed by atoms with Crippen molar-refractivity contribution < 1.29 is 14.6 Å². The smallest absolute Gasteiger partial charge is 0.252 e. The van der Waals surface area contributed by atoms with Gasteiger partial charge in [0.1, 0.15) is 5.75 Å². The first kappa shape index (κ1) is 17.4. The van der Waals surface area contributed by atoms with E-state index in [9.17, 15) is 9.90 Å². The Labute approximate surface area is 151 Å². The van der Waals surface area contributed by atoms with Crippen LogP contribution in [0.5, 0.6) is 11.6 Å². The minimum atomic E-state index is -0.181. The van der Waals surface area contributed by atoms with Crippen LogP contribution in [-0.2, 0) is 6.42 Å². The van der Waals surface area contributed by atoms with Crippen molar-refractivity contribution >= 4 is 5.91 Å². The molecule has 2 aromatic heterocycles. The number of carbonyl (C=O) groups excluding carboxylic acids is 1. The molecule has 3 aromatic rings. The molecule has 2 heterocycles. The van der Waals surface area contributed by atoms with E-state index in [1.807, 2.05) is 18.2 Å². The topological polar surface area (TPSA) is 84.3 Å². The van der Waals surface area contributed by atoms with Crippen molar-refractivity contribution in [2.45, 2.75) is 6.42 Å². The molecule has 3 rings (SSSR count). The molecule has 0 spiro atoms. The lowest BCUT2D eigenvalue weighted by Gasteiger charge is -2.07. The van der Waals surface area contributed by atoms with Crippen LogP contribution in [0.4, 0.5) is 0 Å². The van der Waals surface area contributed by atoms with E-state index in [0.717, 1.165) is 16.7 Å². The van der Waals surface area contributed by atoms with Gasteiger partial charge in [0.25, 0.3) is 5.91 Å². The molecule has 6 heteroatoms. The van der Waals surface area contributed by atoms with Gasteiger partial charge in [0, 0.05) is 42.3 Å². The van der Waals surface area contributed by atoms with E-state index in [2.05, 4.69) is 15.3 Å². The fourth-order valence-corrected chi connectivity index (χ4v) is 2.48. The van der Waals surface area contributed by atoms with E-state index in [1.54, 1.807) is 43.8 Å². The molecule has 132 valence electrons. The van der Waals surface area contributed by atoms with Crippen LogP contribution < -0.4 is 10.1 Å². The second kappa shape index (κ2) is 8.11. The van der Waals surface area contributed by atoms with E-state index < -0.39 is 0 Å². The highest BCUT2D eigenvalue weighted by molar-refractivity contribution is 5.95. The molecule has 0 saturated carbocycles. The number of nitrogens with zero attached hydrogens (tertiary/aromatic N) is 2. The fraction of sp³-hybridized carbons (Fsp3) is 0.150. The van der Waals surface area contributed by atoms with E-state index >= 15 is 0 Å². The molecule has 1 aromatic carbocycles. The Hall–Kier alpha value is -3.41. The van der Waals surface area contributed by atoms with Crippen LogP contribution >= 0.6 is 0 Å². The predicted octanol–water partition coefficient (Wildman–Crippen LogP) is 2.83. The molecule has 0 aliphatic rings. The van der Waals surface area contributed by atoms with Gasteiger partial charge >= 0.3 is 0 Å². The number of nitrogens with one attached hydrogen (secondary N) is 1. The van der Waals surface area contributed by atoms with Crippen LogP contribution in [0.3, 0.4) is 0 Å². The summed E-state index contributed by atoms with van der Waals surface area (Å²) in [6, 6.07) is 12.4. The average Bonchev–Trinajstić information content (AvgIpc) is 2.69. The molecular weight excluding hydrogens is 330 g/mol. The highest BCUT2D eigenvalue weighted by atomic mass is 16.5. The van der Waals surface area contributed by atoms with Crippen LogP contribution in [0.1, 0.15) is 15.9 Å². The number of aromatic hydroxyl groups is 1. The third kappa shape index (κ3) is 4.36. The van der Waals surface area contributed by atoms with Crippen LogP contribution in [0.25, 0.3) is 11.1 Å². The second-order valence-electron chi connectivity index (χ2n) is 5.72. The van der Waals surface area contributed by atoms with Crippen molar-refractivity contribution in [3.05, 3.63) is 72.2 Å². The fourth-order valence-electron chi connectivity index (χ4n) is 2.48. The first-order valence-corrected chi connectivity index (χ1v) is 8.17. The van der Waals surface area contributed by atoms with Crippen molar-refractivity contribution in [2.24, 2.45) is 0 Å². The number of methoxy groups -OCH3 is 1. The lowest BCUT2D eigenvalue weighted by molar-refractivity contribution is 0.0954. The third-order valence-corrected chi connectivity index (χ3v) is 3.91. The minimum absolute atomic E-state index is 0.181. The number of hydrogen-bond acceptors (Lipinski definition) is 5. The van der Waals surface area contributed by atoms with Crippen molar-refractivity contribution in [1.29, 1.82) is 0 Å². The number of pyridine rings is 2. The number of hydrogen-bond donors (Lipinski definition) is 2. The van der Waals surface area contributed by atoms with Gasteiger partial charge < -0.3 is 15.2 Å². The largest absolute Gasteiger partial charge is 0.508 e. The van der Waals surface area contributed by atoms with Crippen molar-refractivity contribution in [3.63, 3.8) is 0 Å². The molecule has 1 amide bonds. The van der Waals surface area contributed by atoms with Crippen molar-refractivity contribution in [2.75, 3.05) is 13.7 Å². The second-order valence-corrected chi connectivity index (χ2v) is 5.72. The number of amides is 1. The Morgan fingerprint density at radius 2 is 1.88 bits per heavy atom. The van der Waals surface area contributed by atoms with Gasteiger partial charge in [0.05, 0.1) is 12.7 Å². The summed E-state index contributed by atoms with van der Waals surface area (Å²) in [5.41, 5.74) is 3.20. The minimum Gasteiger partial charge on any atom is -0.508 e. The highest BCUT2D eigenvalue weighted by Crippen LogP contribution is 2.20. The Balaban J connectivity index is 1.63. The van der Waals surface area contributed by atoms with Crippen molar-refractivity contribution in [1.82, 2.24) is 15.3 Å². The number of phenolic OH excluding ortho intramolecular Hbond substituents is 1. The van der Waals surface area contributed by atoms with Gasteiger partial charge in [0.15, 0.2) is 0 Å². The number of rotatable bonds is 6. The predicted molar refractivity (Wildman–Crippen MR) is 98.2 cm³/mol. The quantitative estimate of drug-likeness (QED) is 0.715. The molecule has 0 radical (unpaired) electrons. The molecule has 0 bridgehead atoms. The summed E-state index contributed by atoms with van der Waals surface area (Å²) in [6.07, 6.45) is 5.59. The Morgan fingerprint density at radius 3 is 2.58 bits per heavy atom. The molecule has 2 N–H and O–H groups in total. The van der Waals surface area contributed by atoms with Crippen LogP contribution in [0, 0.1) is 0 Å². The average molecular weight is 349 g/mol. The molecule has 0 atom stereocenters. The Bertz CT molecular complexity index is 878. The number of aromatic nitrogens is 2. The zero-order chi connectivity index (χ0) is 18.4. The van der Waals surface area contributed by atoms with E-state index in [-0.39, 0.29) is 11.7 Å². The lowest BCUT2D eigenvalue weighted by Crippen LogP contribution is -2.25. The van der Waals surface area contributed by atoms with E-state index in [4.69, 9.17) is 4.74 Å². The molecule has 0 fully saturated rings. The maximum Gasteiger partial charge on any atom is 0.252 e. The molecule has 6 nitrogen and oxygen atoms in total. The van der Waals surface area contributed by atoms with Gasteiger partial charge in [-0.25, -0.2) is 4.98 Å². The zero-order valence-electron chi connectivity index (χ0n) is 14.3. The van der Waals surface area contributed by atoms with Crippen LogP contribution in [0.2, 0.25) is 0 Å². The standard InChI is InChI=1S/C20H19N3O3/c1-26-19-7-4-15(13-23-19)16-10-17(12-21-11-16)20(25)22-9-8-14-2-5-18(24)6-3-14/h2-7,10-13,24H,8-9H2,1H3,(H,22,25). The van der Waals surface area contributed by atoms with E-state index in [0.29, 0.717) is 24.4 Å². The summed E-state index contributed by atoms with van der Waals surface area (Å²) >= 11 is 0. The van der Waals surface area contributed by atoms with Gasteiger partial charge in [-0.05, 0) is 36.2 Å². The summed E-state index contributed by atoms with van der Waals surface area (Å²) in [7, 11) is 1.56. The van der Waals surface area contributed by atoms with Gasteiger partial charge in [-0.2, -0.15) is 0 Å². The van der Waals surface area contributed by atoms with Gasteiger partial charge in [-0.15, -0.1) is 0 Å². The summed E-state index contributed by atoms with van der Waals surface area (Å²) < 4.78 is 5.05.